The summed E-state index contributed by atoms with van der Waals surface area (Å²) in [4.78, 5) is 4.46. The predicted octanol–water partition coefficient (Wildman–Crippen LogP) is 2.16. The molecule has 3 rings (SSSR count). The lowest BCUT2D eigenvalue weighted by molar-refractivity contribution is 0.286. The first-order valence-electron chi connectivity index (χ1n) is 6.14. The van der Waals surface area contributed by atoms with Crippen molar-refractivity contribution in [2.45, 2.75) is 37.6 Å². The van der Waals surface area contributed by atoms with Crippen LogP contribution in [0.3, 0.4) is 0 Å². The summed E-state index contributed by atoms with van der Waals surface area (Å²) in [7, 11) is 0. The Bertz CT molecular complexity index is 541. The van der Waals surface area contributed by atoms with Crippen molar-refractivity contribution in [3.63, 3.8) is 0 Å². The molecule has 0 radical (unpaired) electrons. The minimum Gasteiger partial charge on any atom is -0.506 e. The number of nitrogens with two attached hydrogens (primary N) is 1. The molecule has 1 aliphatic carbocycles. The Labute approximate surface area is 100 Å². The molecule has 4 nitrogen and oxygen atoms in total. The molecule has 90 valence electrons. The minimum atomic E-state index is -0.335. The molecule has 1 saturated carbocycles. The standard InChI is InChI=1S/C13H17N3O/c14-13(6-2-1-3-7-13)12-15-8-10-4-5-11(17)9-16(10)12/h4-5,8-9,17H,1-3,6-7,14H2. The summed E-state index contributed by atoms with van der Waals surface area (Å²) in [5.41, 5.74) is 7.12. The van der Waals surface area contributed by atoms with E-state index in [2.05, 4.69) is 4.98 Å². The van der Waals surface area contributed by atoms with Gasteiger partial charge in [-0.1, -0.05) is 19.3 Å². The minimum absolute atomic E-state index is 0.246. The molecule has 17 heavy (non-hydrogen) atoms. The molecule has 1 aliphatic rings. The first-order valence-corrected chi connectivity index (χ1v) is 6.14. The van der Waals surface area contributed by atoms with E-state index in [1.54, 1.807) is 12.3 Å². The SMILES string of the molecule is NC1(c2ncc3ccc(O)cn23)CCCCC1. The highest BCUT2D eigenvalue weighted by molar-refractivity contribution is 5.49. The molecule has 2 heterocycles. The van der Waals surface area contributed by atoms with Gasteiger partial charge in [-0.15, -0.1) is 0 Å². The van der Waals surface area contributed by atoms with E-state index in [1.807, 2.05) is 16.7 Å². The summed E-state index contributed by atoms with van der Waals surface area (Å²) in [6.45, 7) is 0. The summed E-state index contributed by atoms with van der Waals surface area (Å²) < 4.78 is 1.92. The highest BCUT2D eigenvalue weighted by atomic mass is 16.3. The summed E-state index contributed by atoms with van der Waals surface area (Å²) in [6, 6.07) is 3.53. The molecule has 3 N–H and O–H groups in total. The maximum absolute atomic E-state index is 9.57. The first-order chi connectivity index (χ1) is 8.19. The van der Waals surface area contributed by atoms with E-state index in [9.17, 15) is 5.11 Å². The Morgan fingerprint density at radius 2 is 2.00 bits per heavy atom. The van der Waals surface area contributed by atoms with Crippen LogP contribution in [-0.2, 0) is 5.54 Å². The van der Waals surface area contributed by atoms with Crippen LogP contribution in [0.25, 0.3) is 5.52 Å². The second kappa shape index (κ2) is 3.74. The zero-order chi connectivity index (χ0) is 11.9. The molecule has 2 aromatic heterocycles. The van der Waals surface area contributed by atoms with E-state index >= 15 is 0 Å². The molecule has 0 spiro atoms. The fourth-order valence-electron chi connectivity index (χ4n) is 2.75. The van der Waals surface area contributed by atoms with Crippen molar-refractivity contribution in [1.29, 1.82) is 0 Å². The average Bonchev–Trinajstić information content (AvgIpc) is 2.73. The van der Waals surface area contributed by atoms with Gasteiger partial charge in [0.2, 0.25) is 0 Å². The van der Waals surface area contributed by atoms with Gasteiger partial charge in [0, 0.05) is 0 Å². The van der Waals surface area contributed by atoms with Gasteiger partial charge in [0.15, 0.2) is 0 Å². The Balaban J connectivity index is 2.13. The van der Waals surface area contributed by atoms with Gasteiger partial charge in [-0.05, 0) is 25.0 Å². The van der Waals surface area contributed by atoms with E-state index in [4.69, 9.17) is 5.73 Å². The topological polar surface area (TPSA) is 63.5 Å². The van der Waals surface area contributed by atoms with Crippen LogP contribution in [-0.4, -0.2) is 14.5 Å². The second-order valence-corrected chi connectivity index (χ2v) is 4.98. The van der Waals surface area contributed by atoms with Crippen LogP contribution in [0.2, 0.25) is 0 Å². The summed E-state index contributed by atoms with van der Waals surface area (Å²) in [5, 5.41) is 9.57. The number of rotatable bonds is 1. The fourth-order valence-corrected chi connectivity index (χ4v) is 2.75. The molecule has 0 aliphatic heterocycles. The highest BCUT2D eigenvalue weighted by Gasteiger charge is 2.33. The Kier molecular flexibility index (Phi) is 2.33. The van der Waals surface area contributed by atoms with E-state index in [0.29, 0.717) is 0 Å². The molecule has 4 heteroatoms. The van der Waals surface area contributed by atoms with Crippen LogP contribution in [0.4, 0.5) is 0 Å². The van der Waals surface area contributed by atoms with E-state index in [1.165, 1.54) is 6.42 Å². The van der Waals surface area contributed by atoms with Gasteiger partial charge in [-0.25, -0.2) is 4.98 Å². The third-order valence-corrected chi connectivity index (χ3v) is 3.70. The lowest BCUT2D eigenvalue weighted by atomic mass is 9.82. The Morgan fingerprint density at radius 1 is 1.24 bits per heavy atom. The average molecular weight is 231 g/mol. The number of fused-ring (bicyclic) bond motifs is 1. The van der Waals surface area contributed by atoms with E-state index in [0.717, 1.165) is 37.0 Å². The summed E-state index contributed by atoms with van der Waals surface area (Å²) in [5.74, 6) is 1.12. The first kappa shape index (κ1) is 10.6. The van der Waals surface area contributed by atoms with E-state index in [-0.39, 0.29) is 11.3 Å². The summed E-state index contributed by atoms with van der Waals surface area (Å²) in [6.07, 6.45) is 9.03. The van der Waals surface area contributed by atoms with Gasteiger partial charge in [0.25, 0.3) is 0 Å². The molecule has 0 saturated heterocycles. The zero-order valence-electron chi connectivity index (χ0n) is 9.76. The molecule has 0 unspecified atom stereocenters. The van der Waals surface area contributed by atoms with Crippen molar-refractivity contribution in [1.82, 2.24) is 9.38 Å². The molecule has 0 atom stereocenters. The number of imidazole rings is 1. The zero-order valence-corrected chi connectivity index (χ0v) is 9.76. The molecule has 2 aromatic rings. The number of nitrogens with zero attached hydrogens (tertiary/aromatic N) is 2. The lowest BCUT2D eigenvalue weighted by Gasteiger charge is -2.32. The van der Waals surface area contributed by atoms with Gasteiger partial charge < -0.3 is 10.8 Å². The van der Waals surface area contributed by atoms with Crippen LogP contribution < -0.4 is 5.73 Å². The van der Waals surface area contributed by atoms with Crippen molar-refractivity contribution in [3.05, 3.63) is 30.4 Å². The van der Waals surface area contributed by atoms with Crippen LogP contribution in [0, 0.1) is 0 Å². The van der Waals surface area contributed by atoms with Gasteiger partial charge in [0.05, 0.1) is 23.4 Å². The second-order valence-electron chi connectivity index (χ2n) is 4.98. The quantitative estimate of drug-likeness (QED) is 0.790. The third-order valence-electron chi connectivity index (χ3n) is 3.70. The third kappa shape index (κ3) is 1.69. The van der Waals surface area contributed by atoms with Gasteiger partial charge in [-0.2, -0.15) is 0 Å². The molecular formula is C13H17N3O. The normalized spacial score (nSPS) is 19.6. The van der Waals surface area contributed by atoms with Crippen LogP contribution >= 0.6 is 0 Å². The van der Waals surface area contributed by atoms with E-state index < -0.39 is 0 Å². The molecule has 0 bridgehead atoms. The molecule has 0 aromatic carbocycles. The van der Waals surface area contributed by atoms with Gasteiger partial charge in [0.1, 0.15) is 11.6 Å². The number of aromatic hydroxyl groups is 1. The fraction of sp³-hybridized carbons (Fsp3) is 0.462. The van der Waals surface area contributed by atoms with Crippen LogP contribution in [0.15, 0.2) is 24.5 Å². The van der Waals surface area contributed by atoms with Crippen molar-refractivity contribution in [2.24, 2.45) is 5.73 Å². The maximum atomic E-state index is 9.57. The molecular weight excluding hydrogens is 214 g/mol. The lowest BCUT2D eigenvalue weighted by Crippen LogP contribution is -2.40. The predicted molar refractivity (Wildman–Crippen MR) is 65.8 cm³/mol. The van der Waals surface area contributed by atoms with Crippen molar-refractivity contribution in [2.75, 3.05) is 0 Å². The number of aromatic nitrogens is 2. The number of pyridine rings is 1. The molecule has 0 amide bonds. The maximum Gasteiger partial charge on any atom is 0.133 e. The summed E-state index contributed by atoms with van der Waals surface area (Å²) >= 11 is 0. The van der Waals surface area contributed by atoms with Crippen molar-refractivity contribution >= 4 is 5.52 Å². The van der Waals surface area contributed by atoms with Gasteiger partial charge >= 0.3 is 0 Å². The van der Waals surface area contributed by atoms with Crippen molar-refractivity contribution in [3.8, 4) is 5.75 Å². The molecule has 1 fully saturated rings. The number of hydrogen-bond donors (Lipinski definition) is 2. The monoisotopic (exact) mass is 231 g/mol. The van der Waals surface area contributed by atoms with Gasteiger partial charge in [-0.3, -0.25) is 4.40 Å². The van der Waals surface area contributed by atoms with Crippen LogP contribution in [0.5, 0.6) is 5.75 Å². The number of hydrogen-bond acceptors (Lipinski definition) is 3. The van der Waals surface area contributed by atoms with Crippen LogP contribution in [0.1, 0.15) is 37.9 Å². The highest BCUT2D eigenvalue weighted by Crippen LogP contribution is 2.34. The smallest absolute Gasteiger partial charge is 0.133 e. The Morgan fingerprint density at radius 3 is 2.76 bits per heavy atom. The largest absolute Gasteiger partial charge is 0.506 e. The van der Waals surface area contributed by atoms with Crippen molar-refractivity contribution < 1.29 is 5.11 Å². The Hall–Kier alpha value is -1.55.